The molecule has 0 aliphatic rings. The lowest BCUT2D eigenvalue weighted by Crippen LogP contribution is -2.26. The molecule has 0 unspecified atom stereocenters. The molecular weight excluding hydrogens is 331 g/mol. The van der Waals surface area contributed by atoms with Crippen LogP contribution in [-0.4, -0.2) is 27.4 Å². The summed E-state index contributed by atoms with van der Waals surface area (Å²) in [5, 5.41) is 11.1. The summed E-state index contributed by atoms with van der Waals surface area (Å²) in [5.41, 5.74) is 1.51. The second kappa shape index (κ2) is 7.23. The van der Waals surface area contributed by atoms with E-state index in [1.807, 2.05) is 30.3 Å². The number of carbonyl (C=O) groups is 1. The van der Waals surface area contributed by atoms with E-state index in [2.05, 4.69) is 15.5 Å². The molecule has 0 aliphatic carbocycles. The van der Waals surface area contributed by atoms with Gasteiger partial charge in [-0.15, -0.1) is 0 Å². The molecule has 0 aliphatic heterocycles. The van der Waals surface area contributed by atoms with Crippen LogP contribution >= 0.6 is 11.6 Å². The van der Waals surface area contributed by atoms with E-state index in [1.54, 1.807) is 6.20 Å². The van der Waals surface area contributed by atoms with Gasteiger partial charge in [0.15, 0.2) is 5.82 Å². The fraction of sp³-hybridized carbons (Fsp3) is 0.118. The third kappa shape index (κ3) is 3.60. The smallest absolute Gasteiger partial charge is 0.254 e. The fourth-order valence-electron chi connectivity index (χ4n) is 2.17. The first-order valence-electron chi connectivity index (χ1n) is 7.34. The lowest BCUT2D eigenvalue weighted by molar-refractivity contribution is 0.0950. The number of nitrogens with zero attached hydrogens (tertiary/aromatic N) is 3. The van der Waals surface area contributed by atoms with Crippen LogP contribution in [0, 0.1) is 5.82 Å². The fourth-order valence-corrected chi connectivity index (χ4v) is 2.35. The number of halogens is 2. The summed E-state index contributed by atoms with van der Waals surface area (Å²) in [6, 6.07) is 13.8. The van der Waals surface area contributed by atoms with E-state index in [4.69, 9.17) is 11.6 Å². The van der Waals surface area contributed by atoms with Crippen molar-refractivity contribution in [1.82, 2.24) is 20.3 Å². The quantitative estimate of drug-likeness (QED) is 0.774. The third-order valence-corrected chi connectivity index (χ3v) is 3.68. The van der Waals surface area contributed by atoms with Gasteiger partial charge in [-0.3, -0.25) is 4.79 Å². The predicted octanol–water partition coefficient (Wildman–Crippen LogP) is 3.03. The molecule has 0 saturated carbocycles. The number of benzene rings is 2. The molecule has 5 nitrogen and oxygen atoms in total. The van der Waals surface area contributed by atoms with Gasteiger partial charge in [0.25, 0.3) is 5.91 Å². The second-order valence-corrected chi connectivity index (χ2v) is 5.48. The zero-order valence-electron chi connectivity index (χ0n) is 12.6. The van der Waals surface area contributed by atoms with E-state index >= 15 is 0 Å². The van der Waals surface area contributed by atoms with Crippen molar-refractivity contribution in [1.29, 1.82) is 0 Å². The van der Waals surface area contributed by atoms with Crippen molar-refractivity contribution in [2.75, 3.05) is 6.54 Å². The van der Waals surface area contributed by atoms with Crippen molar-refractivity contribution in [3.05, 3.63) is 76.8 Å². The number of carbonyl (C=O) groups excluding carboxylic acids is 1. The average molecular weight is 345 g/mol. The molecule has 0 atom stereocenters. The van der Waals surface area contributed by atoms with Crippen LogP contribution < -0.4 is 5.32 Å². The highest BCUT2D eigenvalue weighted by Crippen LogP contribution is 2.17. The van der Waals surface area contributed by atoms with Gasteiger partial charge in [-0.1, -0.05) is 35.9 Å². The van der Waals surface area contributed by atoms with Gasteiger partial charge >= 0.3 is 0 Å². The maximum atomic E-state index is 13.8. The molecule has 1 aromatic heterocycles. The van der Waals surface area contributed by atoms with Crippen molar-refractivity contribution in [3.63, 3.8) is 0 Å². The molecule has 2 aromatic carbocycles. The SMILES string of the molecule is O=C(NCCc1cnn(-c2ccccc2)n1)c1cccc(Cl)c1F. The Bertz CT molecular complexity index is 851. The normalized spacial score (nSPS) is 10.6. The molecule has 3 rings (SSSR count). The largest absolute Gasteiger partial charge is 0.352 e. The van der Waals surface area contributed by atoms with Crippen molar-refractivity contribution in [2.24, 2.45) is 0 Å². The van der Waals surface area contributed by atoms with Crippen LogP contribution in [-0.2, 0) is 6.42 Å². The summed E-state index contributed by atoms with van der Waals surface area (Å²) in [6.07, 6.45) is 2.12. The first-order valence-corrected chi connectivity index (χ1v) is 7.72. The molecule has 7 heteroatoms. The second-order valence-electron chi connectivity index (χ2n) is 5.07. The number of para-hydroxylation sites is 1. The number of hydrogen-bond acceptors (Lipinski definition) is 3. The highest BCUT2D eigenvalue weighted by molar-refractivity contribution is 6.31. The van der Waals surface area contributed by atoms with Crippen LogP contribution in [0.3, 0.4) is 0 Å². The highest BCUT2D eigenvalue weighted by Gasteiger charge is 2.13. The number of aromatic nitrogens is 3. The average Bonchev–Trinajstić information content (AvgIpc) is 3.07. The van der Waals surface area contributed by atoms with Crippen molar-refractivity contribution in [2.45, 2.75) is 6.42 Å². The van der Waals surface area contributed by atoms with E-state index in [9.17, 15) is 9.18 Å². The van der Waals surface area contributed by atoms with Crippen LogP contribution in [0.2, 0.25) is 5.02 Å². The van der Waals surface area contributed by atoms with E-state index in [0.717, 1.165) is 11.4 Å². The zero-order chi connectivity index (χ0) is 16.9. The third-order valence-electron chi connectivity index (χ3n) is 3.39. The minimum Gasteiger partial charge on any atom is -0.352 e. The van der Waals surface area contributed by atoms with Crippen molar-refractivity contribution < 1.29 is 9.18 Å². The summed E-state index contributed by atoms with van der Waals surface area (Å²) in [7, 11) is 0. The topological polar surface area (TPSA) is 59.8 Å². The van der Waals surface area contributed by atoms with Crippen molar-refractivity contribution in [3.8, 4) is 5.69 Å². The maximum Gasteiger partial charge on any atom is 0.254 e. The lowest BCUT2D eigenvalue weighted by atomic mass is 10.2. The molecule has 0 spiro atoms. The van der Waals surface area contributed by atoms with Crippen LogP contribution in [0.1, 0.15) is 16.1 Å². The summed E-state index contributed by atoms with van der Waals surface area (Å²) in [6.45, 7) is 0.318. The molecule has 0 bridgehead atoms. The Morgan fingerprint density at radius 1 is 1.17 bits per heavy atom. The summed E-state index contributed by atoms with van der Waals surface area (Å²) in [5.74, 6) is -1.22. The first-order chi connectivity index (χ1) is 11.6. The number of hydrogen-bond donors (Lipinski definition) is 1. The van der Waals surface area contributed by atoms with Gasteiger partial charge in [0, 0.05) is 13.0 Å². The van der Waals surface area contributed by atoms with E-state index in [-0.39, 0.29) is 10.6 Å². The molecule has 0 radical (unpaired) electrons. The minimum absolute atomic E-state index is 0.0737. The van der Waals surface area contributed by atoms with Crippen molar-refractivity contribution >= 4 is 17.5 Å². The Morgan fingerprint density at radius 2 is 1.96 bits per heavy atom. The van der Waals surface area contributed by atoms with Gasteiger partial charge in [0.05, 0.1) is 28.2 Å². The summed E-state index contributed by atoms with van der Waals surface area (Å²) in [4.78, 5) is 13.5. The van der Waals surface area contributed by atoms with Gasteiger partial charge in [-0.2, -0.15) is 15.0 Å². The van der Waals surface area contributed by atoms with Gasteiger partial charge in [-0.25, -0.2) is 4.39 Å². The zero-order valence-corrected chi connectivity index (χ0v) is 13.4. The Hall–Kier alpha value is -2.73. The molecule has 0 saturated heterocycles. The standard InChI is InChI=1S/C17H14ClFN4O/c18-15-8-4-7-14(16(15)19)17(24)20-10-9-12-11-21-23(22-12)13-5-2-1-3-6-13/h1-8,11H,9-10H2,(H,20,24). The molecule has 0 fully saturated rings. The first kappa shape index (κ1) is 16.1. The van der Waals surface area contributed by atoms with Crippen LogP contribution in [0.25, 0.3) is 5.69 Å². The Morgan fingerprint density at radius 3 is 2.75 bits per heavy atom. The number of nitrogens with one attached hydrogen (secondary N) is 1. The number of rotatable bonds is 5. The van der Waals surface area contributed by atoms with Crippen LogP contribution in [0.15, 0.2) is 54.7 Å². The van der Waals surface area contributed by atoms with E-state index < -0.39 is 11.7 Å². The number of amides is 1. The maximum absolute atomic E-state index is 13.8. The molecule has 1 amide bonds. The monoisotopic (exact) mass is 344 g/mol. The molecule has 3 aromatic rings. The lowest BCUT2D eigenvalue weighted by Gasteiger charge is -2.05. The minimum atomic E-state index is -0.716. The van der Waals surface area contributed by atoms with Gasteiger partial charge in [0.2, 0.25) is 0 Å². The molecular formula is C17H14ClFN4O. The summed E-state index contributed by atoms with van der Waals surface area (Å²) >= 11 is 5.67. The molecule has 1 N–H and O–H groups in total. The van der Waals surface area contributed by atoms with E-state index in [1.165, 1.54) is 23.0 Å². The Kier molecular flexibility index (Phi) is 4.86. The molecule has 1 heterocycles. The molecule has 24 heavy (non-hydrogen) atoms. The van der Waals surface area contributed by atoms with Crippen LogP contribution in [0.5, 0.6) is 0 Å². The Balaban J connectivity index is 1.58. The Labute approximate surface area is 143 Å². The highest BCUT2D eigenvalue weighted by atomic mass is 35.5. The van der Waals surface area contributed by atoms with Crippen LogP contribution in [0.4, 0.5) is 4.39 Å². The van der Waals surface area contributed by atoms with Gasteiger partial charge < -0.3 is 5.32 Å². The van der Waals surface area contributed by atoms with E-state index in [0.29, 0.717) is 13.0 Å². The van der Waals surface area contributed by atoms with Gasteiger partial charge in [0.1, 0.15) is 0 Å². The molecule has 122 valence electrons. The predicted molar refractivity (Wildman–Crippen MR) is 88.8 cm³/mol. The van der Waals surface area contributed by atoms with Gasteiger partial charge in [-0.05, 0) is 24.3 Å². The summed E-state index contributed by atoms with van der Waals surface area (Å²) < 4.78 is 13.8.